The van der Waals surface area contributed by atoms with Gasteiger partial charge in [0.1, 0.15) is 0 Å². The van der Waals surface area contributed by atoms with Crippen molar-refractivity contribution in [3.8, 4) is 0 Å². The van der Waals surface area contributed by atoms with Gasteiger partial charge in [0.2, 0.25) is 0 Å². The maximum atomic E-state index is 8.25. The molecule has 0 saturated heterocycles. The molecular formula is C12H20O3Ti. The van der Waals surface area contributed by atoms with Crippen LogP contribution in [0.25, 0.3) is 0 Å². The van der Waals surface area contributed by atoms with E-state index in [0.717, 1.165) is 21.3 Å². The summed E-state index contributed by atoms with van der Waals surface area (Å²) in [6.45, 7) is 0. The normalized spacial score (nSPS) is 10.9. The molecule has 1 aromatic rings. The number of hydrogen-bond acceptors (Lipinski definition) is 3. The van der Waals surface area contributed by atoms with Crippen molar-refractivity contribution in [2.75, 3.05) is 21.3 Å². The van der Waals surface area contributed by atoms with E-state index < -0.39 is 0 Å². The summed E-state index contributed by atoms with van der Waals surface area (Å²) in [5.74, 6) is 0. The Kier molecular flexibility index (Phi) is 23.0. The molecule has 1 aliphatic carbocycles. The third-order valence-corrected chi connectivity index (χ3v) is 2.15. The maximum Gasteiger partial charge on any atom is 4.00 e. The molecule has 0 radical (unpaired) electrons. The first-order valence-corrected chi connectivity index (χ1v) is 4.93. The number of fused-ring (bicyclic) bond motifs is 1. The summed E-state index contributed by atoms with van der Waals surface area (Å²) in [4.78, 5) is 0. The molecule has 4 heteroatoms. The molecule has 0 spiro atoms. The van der Waals surface area contributed by atoms with E-state index in [1.54, 1.807) is 11.1 Å². The van der Waals surface area contributed by atoms with Gasteiger partial charge in [-0.25, -0.2) is 6.07 Å². The fourth-order valence-corrected chi connectivity index (χ4v) is 1.61. The van der Waals surface area contributed by atoms with Crippen molar-refractivity contribution < 1.29 is 37.0 Å². The van der Waals surface area contributed by atoms with Gasteiger partial charge < -0.3 is 15.3 Å². The van der Waals surface area contributed by atoms with Crippen molar-refractivity contribution in [2.24, 2.45) is 0 Å². The van der Waals surface area contributed by atoms with Gasteiger partial charge in [-0.15, -0.1) is 0 Å². The number of aryl methyl sites for hydroxylation is 2. The van der Waals surface area contributed by atoms with Crippen molar-refractivity contribution in [3.05, 3.63) is 29.3 Å². The van der Waals surface area contributed by atoms with E-state index in [1.807, 2.05) is 0 Å². The maximum absolute atomic E-state index is 8.25. The standard InChI is InChI=1S/C9H11.3CH3O.Ti/c1-2-5-9-7-3-6-8(9)4-1;3*1-2;/h3,6-7H,1-2,4-5H2;3*1H3;/q4*-1;+4. The van der Waals surface area contributed by atoms with Crippen LogP contribution in [-0.4, -0.2) is 21.3 Å². The summed E-state index contributed by atoms with van der Waals surface area (Å²) >= 11 is 0. The molecule has 2 rings (SSSR count). The van der Waals surface area contributed by atoms with Gasteiger partial charge in [-0.05, 0) is 0 Å². The topological polar surface area (TPSA) is 69.2 Å². The number of rotatable bonds is 0. The molecule has 3 nitrogen and oxygen atoms in total. The van der Waals surface area contributed by atoms with Crippen LogP contribution < -0.4 is 15.3 Å². The summed E-state index contributed by atoms with van der Waals surface area (Å²) in [6, 6.07) is 6.69. The summed E-state index contributed by atoms with van der Waals surface area (Å²) in [5, 5.41) is 24.8. The summed E-state index contributed by atoms with van der Waals surface area (Å²) < 4.78 is 0. The average Bonchev–Trinajstić information content (AvgIpc) is 2.85. The molecule has 0 bridgehead atoms. The molecule has 0 saturated carbocycles. The predicted molar refractivity (Wildman–Crippen MR) is 56.4 cm³/mol. The monoisotopic (exact) mass is 260 g/mol. The second kappa shape index (κ2) is 17.3. The smallest absolute Gasteiger partial charge is 0.857 e. The molecule has 0 heterocycles. The fourth-order valence-electron chi connectivity index (χ4n) is 1.61. The third kappa shape index (κ3) is 8.14. The van der Waals surface area contributed by atoms with Gasteiger partial charge in [-0.1, -0.05) is 25.7 Å². The first-order valence-electron chi connectivity index (χ1n) is 4.93. The van der Waals surface area contributed by atoms with E-state index in [4.69, 9.17) is 15.3 Å². The second-order valence-corrected chi connectivity index (χ2v) is 2.78. The zero-order chi connectivity index (χ0) is 12.1. The van der Waals surface area contributed by atoms with Gasteiger partial charge in [0.05, 0.1) is 0 Å². The van der Waals surface area contributed by atoms with E-state index >= 15 is 0 Å². The van der Waals surface area contributed by atoms with Crippen LogP contribution in [0.1, 0.15) is 24.0 Å². The Bertz CT molecular complexity index is 191. The molecule has 0 fully saturated rings. The summed E-state index contributed by atoms with van der Waals surface area (Å²) in [6.07, 6.45) is 5.44. The zero-order valence-corrected chi connectivity index (χ0v) is 11.8. The van der Waals surface area contributed by atoms with Crippen LogP contribution >= 0.6 is 0 Å². The molecular weight excluding hydrogens is 240 g/mol. The van der Waals surface area contributed by atoms with Gasteiger partial charge in [0.25, 0.3) is 0 Å². The zero-order valence-electron chi connectivity index (χ0n) is 10.3. The van der Waals surface area contributed by atoms with Crippen LogP contribution in [-0.2, 0) is 34.6 Å². The minimum atomic E-state index is 0. The largest absolute Gasteiger partial charge is 4.00 e. The SMILES string of the molecule is C[O-].C[O-].C[O-].[Ti+4].c1cc2c([cH-]1)CCCC2. The van der Waals surface area contributed by atoms with Gasteiger partial charge in [-0.3, -0.25) is 0 Å². The summed E-state index contributed by atoms with van der Waals surface area (Å²) in [5.41, 5.74) is 3.20. The Labute approximate surface area is 113 Å². The first-order chi connectivity index (χ1) is 7.47. The van der Waals surface area contributed by atoms with Crippen molar-refractivity contribution in [1.82, 2.24) is 0 Å². The summed E-state index contributed by atoms with van der Waals surface area (Å²) in [7, 11) is 2.25. The Morgan fingerprint density at radius 2 is 1.44 bits per heavy atom. The van der Waals surface area contributed by atoms with Gasteiger partial charge in [0.15, 0.2) is 0 Å². The van der Waals surface area contributed by atoms with Crippen LogP contribution in [0.4, 0.5) is 0 Å². The Hall–Kier alpha value is -0.0557. The molecule has 0 aromatic heterocycles. The van der Waals surface area contributed by atoms with Crippen molar-refractivity contribution in [2.45, 2.75) is 25.7 Å². The molecule has 0 amide bonds. The van der Waals surface area contributed by atoms with E-state index in [0.29, 0.717) is 0 Å². The Morgan fingerprint density at radius 1 is 0.938 bits per heavy atom. The molecule has 0 N–H and O–H groups in total. The van der Waals surface area contributed by atoms with Crippen molar-refractivity contribution in [1.29, 1.82) is 0 Å². The predicted octanol–water partition coefficient (Wildman–Crippen LogP) is -0.789. The Balaban J connectivity index is -0.000000214. The van der Waals surface area contributed by atoms with Crippen LogP contribution in [0.15, 0.2) is 18.2 Å². The van der Waals surface area contributed by atoms with Gasteiger partial charge in [0, 0.05) is 0 Å². The molecule has 16 heavy (non-hydrogen) atoms. The molecule has 0 atom stereocenters. The van der Waals surface area contributed by atoms with E-state index in [2.05, 4.69) is 18.2 Å². The van der Waals surface area contributed by atoms with E-state index in [1.165, 1.54) is 25.7 Å². The third-order valence-electron chi connectivity index (χ3n) is 2.15. The molecule has 0 aliphatic heterocycles. The molecule has 0 unspecified atom stereocenters. The van der Waals surface area contributed by atoms with Crippen LogP contribution in [0, 0.1) is 0 Å². The van der Waals surface area contributed by atoms with Gasteiger partial charge in [-0.2, -0.15) is 44.6 Å². The minimum absolute atomic E-state index is 0. The van der Waals surface area contributed by atoms with E-state index in [9.17, 15) is 0 Å². The van der Waals surface area contributed by atoms with Crippen molar-refractivity contribution >= 4 is 0 Å². The van der Waals surface area contributed by atoms with Crippen LogP contribution in [0.2, 0.25) is 0 Å². The molecule has 1 aliphatic rings. The fraction of sp³-hybridized carbons (Fsp3) is 0.583. The first kappa shape index (κ1) is 21.3. The Morgan fingerprint density at radius 3 is 1.94 bits per heavy atom. The molecule has 90 valence electrons. The number of hydrogen-bond donors (Lipinski definition) is 0. The van der Waals surface area contributed by atoms with E-state index in [-0.39, 0.29) is 21.7 Å². The van der Waals surface area contributed by atoms with Gasteiger partial charge >= 0.3 is 21.7 Å². The van der Waals surface area contributed by atoms with Crippen LogP contribution in [0.5, 0.6) is 0 Å². The van der Waals surface area contributed by atoms with Crippen LogP contribution in [0.3, 0.4) is 0 Å². The minimum Gasteiger partial charge on any atom is -0.857 e. The average molecular weight is 260 g/mol. The second-order valence-electron chi connectivity index (χ2n) is 2.78. The quantitative estimate of drug-likeness (QED) is 0.453. The van der Waals surface area contributed by atoms with Crippen molar-refractivity contribution in [3.63, 3.8) is 0 Å². The molecule has 1 aromatic carbocycles.